The normalized spacial score (nSPS) is 12.0. The quantitative estimate of drug-likeness (QED) is 0.367. The van der Waals surface area contributed by atoms with Crippen molar-refractivity contribution in [3.05, 3.63) is 68.3 Å². The fraction of sp³-hybridized carbons (Fsp3) is 0.286. The fourth-order valence-electron chi connectivity index (χ4n) is 3.52. The van der Waals surface area contributed by atoms with Crippen molar-refractivity contribution < 1.29 is 0 Å². The minimum Gasteiger partial charge on any atom is -0.276 e. The molecule has 0 fully saturated rings. The maximum atomic E-state index is 13.1. The highest BCUT2D eigenvalue weighted by Gasteiger charge is 2.17. The maximum Gasteiger partial charge on any atom is 0.262 e. The molecule has 0 saturated carbocycles. The second-order valence-electron chi connectivity index (χ2n) is 7.70. The van der Waals surface area contributed by atoms with Gasteiger partial charge in [-0.2, -0.15) is 0 Å². The summed E-state index contributed by atoms with van der Waals surface area (Å²) in [7, 11) is 0. The number of thiazole rings is 1. The second-order valence-corrected chi connectivity index (χ2v) is 9.52. The summed E-state index contributed by atoms with van der Waals surface area (Å²) in [5.41, 5.74) is 1.32. The fourth-order valence-corrected chi connectivity index (χ4v) is 5.09. The number of fused-ring (bicyclic) bond motifs is 4. The molecule has 4 heterocycles. The summed E-state index contributed by atoms with van der Waals surface area (Å²) in [5, 5.41) is 11.9. The van der Waals surface area contributed by atoms with Crippen LogP contribution in [0.15, 0.2) is 56.7 Å². The van der Waals surface area contributed by atoms with Gasteiger partial charge in [0.15, 0.2) is 10.1 Å². The van der Waals surface area contributed by atoms with Gasteiger partial charge >= 0.3 is 0 Å². The van der Waals surface area contributed by atoms with Crippen LogP contribution in [0, 0.1) is 5.92 Å². The van der Waals surface area contributed by atoms with Crippen molar-refractivity contribution in [2.75, 3.05) is 0 Å². The molecule has 0 atom stereocenters. The van der Waals surface area contributed by atoms with Crippen LogP contribution in [-0.2, 0) is 12.3 Å². The molecular weight excluding hydrogens is 432 g/mol. The molecule has 0 aliphatic rings. The van der Waals surface area contributed by atoms with E-state index in [1.807, 2.05) is 34.0 Å². The van der Waals surface area contributed by atoms with Crippen LogP contribution >= 0.6 is 23.1 Å². The van der Waals surface area contributed by atoms with Crippen LogP contribution in [0.4, 0.5) is 0 Å². The number of hydrogen-bond donors (Lipinski definition) is 0. The summed E-state index contributed by atoms with van der Waals surface area (Å²) in [6.07, 6.45) is 2.60. The van der Waals surface area contributed by atoms with Gasteiger partial charge in [0.2, 0.25) is 5.78 Å². The van der Waals surface area contributed by atoms with Crippen LogP contribution in [-0.4, -0.2) is 28.5 Å². The molecule has 0 saturated heterocycles. The molecule has 0 N–H and O–H groups in total. The van der Waals surface area contributed by atoms with E-state index in [1.54, 1.807) is 16.8 Å². The zero-order valence-electron chi connectivity index (χ0n) is 17.1. The van der Waals surface area contributed by atoms with Gasteiger partial charge in [-0.3, -0.25) is 23.0 Å². The predicted octanol–water partition coefficient (Wildman–Crippen LogP) is 3.45. The van der Waals surface area contributed by atoms with E-state index in [-0.39, 0.29) is 11.1 Å². The van der Waals surface area contributed by atoms with Gasteiger partial charge in [0.25, 0.3) is 11.1 Å². The number of benzene rings is 1. The topological polar surface area (TPSA) is 86.6 Å². The minimum absolute atomic E-state index is 0.0504. The largest absolute Gasteiger partial charge is 0.276 e. The van der Waals surface area contributed by atoms with Gasteiger partial charge in [-0.1, -0.05) is 37.7 Å². The van der Waals surface area contributed by atoms with E-state index >= 15 is 0 Å². The Morgan fingerprint density at radius 3 is 2.84 bits per heavy atom. The van der Waals surface area contributed by atoms with Crippen LogP contribution < -0.4 is 11.1 Å². The first kappa shape index (κ1) is 20.0. The van der Waals surface area contributed by atoms with Gasteiger partial charge in [0, 0.05) is 29.9 Å². The highest BCUT2D eigenvalue weighted by atomic mass is 32.2. The molecule has 0 unspecified atom stereocenters. The number of aromatic nitrogens is 6. The Morgan fingerprint density at radius 1 is 1.16 bits per heavy atom. The van der Waals surface area contributed by atoms with E-state index in [2.05, 4.69) is 29.0 Å². The molecule has 0 aliphatic carbocycles. The summed E-state index contributed by atoms with van der Waals surface area (Å²) < 4.78 is 5.17. The first-order chi connectivity index (χ1) is 15.0. The molecule has 10 heteroatoms. The molecule has 4 aromatic heterocycles. The van der Waals surface area contributed by atoms with Crippen molar-refractivity contribution in [2.24, 2.45) is 5.92 Å². The van der Waals surface area contributed by atoms with Crippen molar-refractivity contribution in [3.63, 3.8) is 0 Å². The predicted molar refractivity (Wildman–Crippen MR) is 123 cm³/mol. The van der Waals surface area contributed by atoms with Crippen molar-refractivity contribution in [2.45, 2.75) is 37.7 Å². The summed E-state index contributed by atoms with van der Waals surface area (Å²) in [4.78, 5) is 30.6. The molecule has 0 spiro atoms. The molecule has 8 nitrogen and oxygen atoms in total. The molecule has 0 radical (unpaired) electrons. The number of para-hydroxylation sites is 1. The smallest absolute Gasteiger partial charge is 0.262 e. The van der Waals surface area contributed by atoms with Gasteiger partial charge in [-0.05, 0) is 24.5 Å². The average molecular weight is 453 g/mol. The molecule has 158 valence electrons. The third-order valence-corrected chi connectivity index (χ3v) is 6.83. The zero-order valence-corrected chi connectivity index (χ0v) is 18.7. The average Bonchev–Trinajstić information content (AvgIpc) is 3.39. The Bertz CT molecular complexity index is 1530. The van der Waals surface area contributed by atoms with E-state index in [9.17, 15) is 9.59 Å². The van der Waals surface area contributed by atoms with Crippen LogP contribution in [0.3, 0.4) is 0 Å². The highest BCUT2D eigenvalue weighted by Crippen LogP contribution is 2.24. The maximum absolute atomic E-state index is 13.1. The molecule has 31 heavy (non-hydrogen) atoms. The molecule has 0 amide bonds. The van der Waals surface area contributed by atoms with Gasteiger partial charge in [-0.15, -0.1) is 21.5 Å². The molecule has 0 bridgehead atoms. The second kappa shape index (κ2) is 7.93. The van der Waals surface area contributed by atoms with Crippen molar-refractivity contribution >= 4 is 44.7 Å². The Labute approximate surface area is 185 Å². The lowest BCUT2D eigenvalue weighted by atomic mass is 10.1. The standard InChI is InChI=1S/C21H20N6O2S2/c1-13(2)7-8-26-18(29)15-5-3-4-6-16(15)27-19(26)23-24-21(27)31-12-14-11-17(28)25-9-10-30-20(25)22-14/h3-6,9-11,13H,7-8,12H2,1-2H3. The van der Waals surface area contributed by atoms with E-state index in [1.165, 1.54) is 27.5 Å². The lowest BCUT2D eigenvalue weighted by Gasteiger charge is -2.12. The van der Waals surface area contributed by atoms with Crippen LogP contribution in [0.1, 0.15) is 26.0 Å². The summed E-state index contributed by atoms with van der Waals surface area (Å²) in [5.74, 6) is 1.48. The lowest BCUT2D eigenvalue weighted by Crippen LogP contribution is -2.24. The van der Waals surface area contributed by atoms with Crippen LogP contribution in [0.5, 0.6) is 0 Å². The van der Waals surface area contributed by atoms with Gasteiger partial charge in [0.1, 0.15) is 0 Å². The summed E-state index contributed by atoms with van der Waals surface area (Å²) in [6, 6.07) is 9.07. The SMILES string of the molecule is CC(C)CCn1c(=O)c2ccccc2n2c(SCc3cc(=O)n4ccsc4n3)nnc12. The Kier molecular flexibility index (Phi) is 5.11. The first-order valence-corrected chi connectivity index (χ1v) is 11.8. The Balaban J connectivity index is 1.59. The number of aryl methyl sites for hydroxylation is 1. The van der Waals surface area contributed by atoms with E-state index < -0.39 is 0 Å². The number of hydrogen-bond acceptors (Lipinski definition) is 7. The number of nitrogens with zero attached hydrogens (tertiary/aromatic N) is 6. The van der Waals surface area contributed by atoms with Crippen molar-refractivity contribution in [1.29, 1.82) is 0 Å². The van der Waals surface area contributed by atoms with Gasteiger partial charge in [-0.25, -0.2) is 4.98 Å². The zero-order chi connectivity index (χ0) is 21.5. The third-order valence-electron chi connectivity index (χ3n) is 5.11. The molecule has 5 rings (SSSR count). The lowest BCUT2D eigenvalue weighted by molar-refractivity contribution is 0.512. The Morgan fingerprint density at radius 2 is 2.00 bits per heavy atom. The monoisotopic (exact) mass is 452 g/mol. The third kappa shape index (κ3) is 3.55. The first-order valence-electron chi connectivity index (χ1n) is 9.98. The minimum atomic E-state index is -0.0964. The van der Waals surface area contributed by atoms with Crippen LogP contribution in [0.2, 0.25) is 0 Å². The molecular formula is C21H20N6O2S2. The van der Waals surface area contributed by atoms with Gasteiger partial charge < -0.3 is 0 Å². The summed E-state index contributed by atoms with van der Waals surface area (Å²) >= 11 is 2.88. The van der Waals surface area contributed by atoms with E-state index in [0.29, 0.717) is 45.2 Å². The highest BCUT2D eigenvalue weighted by molar-refractivity contribution is 7.98. The number of thioether (sulfide) groups is 1. The molecule has 0 aliphatic heterocycles. The summed E-state index contributed by atoms with van der Waals surface area (Å²) in [6.45, 7) is 4.85. The van der Waals surface area contributed by atoms with Crippen molar-refractivity contribution in [3.8, 4) is 0 Å². The van der Waals surface area contributed by atoms with E-state index in [4.69, 9.17) is 0 Å². The Hall–Kier alpha value is -2.98. The van der Waals surface area contributed by atoms with Gasteiger partial charge in [0.05, 0.1) is 16.6 Å². The number of rotatable bonds is 6. The van der Waals surface area contributed by atoms with Crippen molar-refractivity contribution in [1.82, 2.24) is 28.5 Å². The van der Waals surface area contributed by atoms with E-state index in [0.717, 1.165) is 11.9 Å². The van der Waals surface area contributed by atoms with Crippen LogP contribution in [0.25, 0.3) is 21.6 Å². The molecule has 1 aromatic carbocycles. The molecule has 5 aromatic rings.